The van der Waals surface area contributed by atoms with Crippen molar-refractivity contribution in [1.82, 2.24) is 15.0 Å². The second-order valence-corrected chi connectivity index (χ2v) is 12.4. The summed E-state index contributed by atoms with van der Waals surface area (Å²) < 4.78 is 12.4. The minimum absolute atomic E-state index is 0.591. The van der Waals surface area contributed by atoms with Crippen LogP contribution in [0.5, 0.6) is 0 Å². The molecule has 10 rings (SSSR count). The Bertz CT molecular complexity index is 2850. The number of para-hydroxylation sites is 2. The molecule has 0 fully saturated rings. The monoisotopic (exact) mass is 641 g/mol. The minimum atomic E-state index is 0.591. The number of fused-ring (bicyclic) bond motifs is 6. The predicted octanol–water partition coefficient (Wildman–Crippen LogP) is 12.0. The molecule has 5 nitrogen and oxygen atoms in total. The molecule has 3 heterocycles. The van der Waals surface area contributed by atoms with Gasteiger partial charge in [0.1, 0.15) is 22.3 Å². The lowest BCUT2D eigenvalue weighted by molar-refractivity contribution is 0.668. The minimum Gasteiger partial charge on any atom is -0.456 e. The Morgan fingerprint density at radius 1 is 0.280 bits per heavy atom. The Hall–Kier alpha value is -6.85. The van der Waals surface area contributed by atoms with Gasteiger partial charge in [-0.3, -0.25) is 0 Å². The van der Waals surface area contributed by atoms with Gasteiger partial charge in [0.05, 0.1) is 0 Å². The zero-order valence-electron chi connectivity index (χ0n) is 26.7. The molecule has 0 saturated carbocycles. The van der Waals surface area contributed by atoms with Crippen LogP contribution in [0.15, 0.2) is 173 Å². The van der Waals surface area contributed by atoms with Gasteiger partial charge in [-0.2, -0.15) is 0 Å². The summed E-state index contributed by atoms with van der Waals surface area (Å²) in [5.74, 6) is 1.79. The van der Waals surface area contributed by atoms with E-state index in [-0.39, 0.29) is 0 Å². The first-order valence-electron chi connectivity index (χ1n) is 16.6. The average molecular weight is 642 g/mol. The molecule has 0 spiro atoms. The lowest BCUT2D eigenvalue weighted by Crippen LogP contribution is -2.00. The Morgan fingerprint density at radius 2 is 0.700 bits per heavy atom. The van der Waals surface area contributed by atoms with Gasteiger partial charge in [0, 0.05) is 38.2 Å². The van der Waals surface area contributed by atoms with E-state index < -0.39 is 0 Å². The molecular formula is C45H27N3O2. The van der Waals surface area contributed by atoms with Crippen LogP contribution in [0, 0.1) is 0 Å². The van der Waals surface area contributed by atoms with E-state index in [1.54, 1.807) is 0 Å². The molecule has 0 aliphatic heterocycles. The molecule has 0 N–H and O–H groups in total. The molecular weight excluding hydrogens is 615 g/mol. The highest BCUT2D eigenvalue weighted by atomic mass is 16.3. The first-order valence-corrected chi connectivity index (χ1v) is 16.6. The Labute approximate surface area is 287 Å². The maximum absolute atomic E-state index is 6.23. The van der Waals surface area contributed by atoms with Crippen molar-refractivity contribution < 1.29 is 8.83 Å². The van der Waals surface area contributed by atoms with E-state index in [1.807, 2.05) is 60.7 Å². The fraction of sp³-hybridized carbons (Fsp3) is 0. The topological polar surface area (TPSA) is 65.0 Å². The van der Waals surface area contributed by atoms with Gasteiger partial charge in [0.15, 0.2) is 17.5 Å². The van der Waals surface area contributed by atoms with E-state index in [2.05, 4.69) is 103 Å². The number of hydrogen-bond acceptors (Lipinski definition) is 5. The van der Waals surface area contributed by atoms with E-state index in [9.17, 15) is 0 Å². The van der Waals surface area contributed by atoms with Crippen LogP contribution in [0.2, 0.25) is 0 Å². The van der Waals surface area contributed by atoms with E-state index in [0.29, 0.717) is 17.5 Å². The Kier molecular flexibility index (Phi) is 6.42. The van der Waals surface area contributed by atoms with Gasteiger partial charge in [-0.1, -0.05) is 140 Å². The molecule has 7 aromatic carbocycles. The van der Waals surface area contributed by atoms with Crippen LogP contribution in [0.3, 0.4) is 0 Å². The fourth-order valence-corrected chi connectivity index (χ4v) is 6.97. The van der Waals surface area contributed by atoms with Crippen molar-refractivity contribution in [1.29, 1.82) is 0 Å². The SMILES string of the molecule is c1ccc(-c2ccc(-c3nc(-c4ccc(-c5cccc6oc7ccccc7c56)cc4)nc(-c4cccc5oc6ccccc6c45)n3)cc2)cc1. The molecule has 0 aliphatic rings. The summed E-state index contributed by atoms with van der Waals surface area (Å²) >= 11 is 0. The van der Waals surface area contributed by atoms with Crippen LogP contribution < -0.4 is 0 Å². The normalized spacial score (nSPS) is 11.6. The second kappa shape index (κ2) is 11.4. The highest BCUT2D eigenvalue weighted by Gasteiger charge is 2.18. The highest BCUT2D eigenvalue weighted by molar-refractivity contribution is 6.13. The molecule has 0 amide bonds. The van der Waals surface area contributed by atoms with Crippen molar-refractivity contribution in [3.8, 4) is 56.4 Å². The third kappa shape index (κ3) is 4.67. The van der Waals surface area contributed by atoms with E-state index in [0.717, 1.165) is 82.8 Å². The third-order valence-corrected chi connectivity index (χ3v) is 9.39. The van der Waals surface area contributed by atoms with Crippen LogP contribution in [-0.2, 0) is 0 Å². The first kappa shape index (κ1) is 28.2. The highest BCUT2D eigenvalue weighted by Crippen LogP contribution is 2.39. The fourth-order valence-electron chi connectivity index (χ4n) is 6.97. The van der Waals surface area contributed by atoms with Gasteiger partial charge in [0.25, 0.3) is 0 Å². The van der Waals surface area contributed by atoms with Crippen LogP contribution in [-0.4, -0.2) is 15.0 Å². The largest absolute Gasteiger partial charge is 0.456 e. The number of nitrogens with zero attached hydrogens (tertiary/aromatic N) is 3. The summed E-state index contributed by atoms with van der Waals surface area (Å²) in [5.41, 5.74) is 10.6. The zero-order valence-corrected chi connectivity index (χ0v) is 26.7. The number of hydrogen-bond donors (Lipinski definition) is 0. The molecule has 0 saturated heterocycles. The van der Waals surface area contributed by atoms with Crippen LogP contribution in [0.1, 0.15) is 0 Å². The number of aromatic nitrogens is 3. The number of furan rings is 2. The summed E-state index contributed by atoms with van der Waals surface area (Å²) in [4.78, 5) is 15.2. The molecule has 0 bridgehead atoms. The van der Waals surface area contributed by atoms with Crippen LogP contribution >= 0.6 is 0 Å². The van der Waals surface area contributed by atoms with Gasteiger partial charge in [-0.15, -0.1) is 0 Å². The maximum Gasteiger partial charge on any atom is 0.164 e. The number of rotatable bonds is 5. The average Bonchev–Trinajstić information content (AvgIpc) is 3.77. The summed E-state index contributed by atoms with van der Waals surface area (Å²) in [6, 6.07) is 55.7. The van der Waals surface area contributed by atoms with E-state index in [4.69, 9.17) is 23.8 Å². The van der Waals surface area contributed by atoms with Crippen molar-refractivity contribution in [3.63, 3.8) is 0 Å². The van der Waals surface area contributed by atoms with Gasteiger partial charge >= 0.3 is 0 Å². The van der Waals surface area contributed by atoms with Gasteiger partial charge < -0.3 is 8.83 Å². The molecule has 10 aromatic rings. The molecule has 3 aromatic heterocycles. The van der Waals surface area contributed by atoms with Crippen molar-refractivity contribution in [2.45, 2.75) is 0 Å². The van der Waals surface area contributed by atoms with Crippen LogP contribution in [0.4, 0.5) is 0 Å². The molecule has 0 radical (unpaired) electrons. The summed E-state index contributed by atoms with van der Waals surface area (Å²) in [5, 5.41) is 4.23. The predicted molar refractivity (Wildman–Crippen MR) is 202 cm³/mol. The number of benzene rings is 7. The smallest absolute Gasteiger partial charge is 0.164 e. The van der Waals surface area contributed by atoms with E-state index in [1.165, 1.54) is 0 Å². The Balaban J connectivity index is 1.12. The second-order valence-electron chi connectivity index (χ2n) is 12.4. The van der Waals surface area contributed by atoms with Gasteiger partial charge in [-0.25, -0.2) is 15.0 Å². The van der Waals surface area contributed by atoms with Crippen LogP contribution in [0.25, 0.3) is 100 Å². The van der Waals surface area contributed by atoms with E-state index >= 15 is 0 Å². The maximum atomic E-state index is 6.23. The molecule has 0 aliphatic carbocycles. The third-order valence-electron chi connectivity index (χ3n) is 9.39. The zero-order chi connectivity index (χ0) is 33.0. The molecule has 0 atom stereocenters. The molecule has 0 unspecified atom stereocenters. The van der Waals surface area contributed by atoms with Crippen molar-refractivity contribution in [3.05, 3.63) is 164 Å². The summed E-state index contributed by atoms with van der Waals surface area (Å²) in [7, 11) is 0. The quantitative estimate of drug-likeness (QED) is 0.187. The molecule has 50 heavy (non-hydrogen) atoms. The summed E-state index contributed by atoms with van der Waals surface area (Å²) in [6.45, 7) is 0. The molecule has 5 heteroatoms. The van der Waals surface area contributed by atoms with Crippen molar-refractivity contribution >= 4 is 43.9 Å². The van der Waals surface area contributed by atoms with Gasteiger partial charge in [-0.05, 0) is 46.5 Å². The molecule has 234 valence electrons. The standard InChI is InChI=1S/C45H27N3O2/c1-2-10-28(11-3-1)29-20-24-31(25-21-29)43-46-44(48-45(47-43)36-15-9-19-40-42(36)35-13-5-7-17-38(35)50-40)32-26-22-30(23-27-32)33-14-8-18-39-41(33)34-12-4-6-16-37(34)49-39/h1-27H. The van der Waals surface area contributed by atoms with Crippen molar-refractivity contribution in [2.75, 3.05) is 0 Å². The van der Waals surface area contributed by atoms with Gasteiger partial charge in [0.2, 0.25) is 0 Å². The lowest BCUT2D eigenvalue weighted by Gasteiger charge is -2.11. The Morgan fingerprint density at radius 3 is 1.30 bits per heavy atom. The lowest BCUT2D eigenvalue weighted by atomic mass is 9.98. The first-order chi connectivity index (χ1) is 24.8. The summed E-state index contributed by atoms with van der Waals surface area (Å²) in [6.07, 6.45) is 0. The van der Waals surface area contributed by atoms with Crippen molar-refractivity contribution in [2.24, 2.45) is 0 Å².